The molecule has 0 radical (unpaired) electrons. The van der Waals surface area contributed by atoms with Crippen LogP contribution in [0.1, 0.15) is 45.2 Å². The summed E-state index contributed by atoms with van der Waals surface area (Å²) in [4.78, 5) is 0. The third-order valence-corrected chi connectivity index (χ3v) is 2.60. The van der Waals surface area contributed by atoms with Crippen molar-refractivity contribution in [3.8, 4) is 5.75 Å². The maximum atomic E-state index is 5.85. The van der Waals surface area contributed by atoms with Crippen LogP contribution in [0.2, 0.25) is 0 Å². The van der Waals surface area contributed by atoms with Gasteiger partial charge in [-0.05, 0) is 37.5 Å². The SMILES string of the molecule is CCC(CC)Oc1cccc(C(C)N)c1. The van der Waals surface area contributed by atoms with Crippen molar-refractivity contribution in [2.24, 2.45) is 5.73 Å². The molecule has 1 aromatic rings. The van der Waals surface area contributed by atoms with E-state index in [1.54, 1.807) is 0 Å². The number of rotatable bonds is 5. The highest BCUT2D eigenvalue weighted by Crippen LogP contribution is 2.20. The van der Waals surface area contributed by atoms with E-state index in [4.69, 9.17) is 10.5 Å². The van der Waals surface area contributed by atoms with E-state index in [1.807, 2.05) is 31.2 Å². The number of benzene rings is 1. The molecule has 2 N–H and O–H groups in total. The zero-order chi connectivity index (χ0) is 11.3. The van der Waals surface area contributed by atoms with Crippen LogP contribution in [0, 0.1) is 0 Å². The first-order valence-corrected chi connectivity index (χ1v) is 5.69. The Hall–Kier alpha value is -1.02. The number of hydrogen-bond donors (Lipinski definition) is 1. The summed E-state index contributed by atoms with van der Waals surface area (Å²) < 4.78 is 5.85. The Morgan fingerprint density at radius 3 is 2.47 bits per heavy atom. The number of ether oxygens (including phenoxy) is 1. The molecule has 0 saturated carbocycles. The molecule has 2 heteroatoms. The smallest absolute Gasteiger partial charge is 0.120 e. The van der Waals surface area contributed by atoms with Crippen LogP contribution in [-0.4, -0.2) is 6.10 Å². The Morgan fingerprint density at radius 2 is 1.93 bits per heavy atom. The minimum absolute atomic E-state index is 0.0650. The van der Waals surface area contributed by atoms with Crippen molar-refractivity contribution in [3.05, 3.63) is 29.8 Å². The van der Waals surface area contributed by atoms with Crippen LogP contribution in [0.25, 0.3) is 0 Å². The van der Waals surface area contributed by atoms with Gasteiger partial charge in [0, 0.05) is 6.04 Å². The summed E-state index contributed by atoms with van der Waals surface area (Å²) in [6.07, 6.45) is 2.39. The van der Waals surface area contributed by atoms with Crippen LogP contribution in [0.3, 0.4) is 0 Å². The Morgan fingerprint density at radius 1 is 1.27 bits per heavy atom. The van der Waals surface area contributed by atoms with Crippen LogP contribution in [0.4, 0.5) is 0 Å². The second-order valence-electron chi connectivity index (χ2n) is 3.92. The molecule has 0 aliphatic heterocycles. The minimum Gasteiger partial charge on any atom is -0.490 e. The topological polar surface area (TPSA) is 35.2 Å². The minimum atomic E-state index is 0.0650. The molecule has 1 atom stereocenters. The molecule has 0 fully saturated rings. The highest BCUT2D eigenvalue weighted by Gasteiger charge is 2.06. The number of hydrogen-bond acceptors (Lipinski definition) is 2. The van der Waals surface area contributed by atoms with Crippen molar-refractivity contribution < 1.29 is 4.74 Å². The van der Waals surface area contributed by atoms with Gasteiger partial charge in [0.05, 0.1) is 6.10 Å². The molecule has 1 unspecified atom stereocenters. The van der Waals surface area contributed by atoms with E-state index in [1.165, 1.54) is 0 Å². The molecule has 0 bridgehead atoms. The highest BCUT2D eigenvalue weighted by atomic mass is 16.5. The van der Waals surface area contributed by atoms with Crippen molar-refractivity contribution in [2.45, 2.75) is 45.8 Å². The summed E-state index contributed by atoms with van der Waals surface area (Å²) in [5, 5.41) is 0. The average molecular weight is 207 g/mol. The molecule has 0 aromatic heterocycles. The van der Waals surface area contributed by atoms with E-state index in [9.17, 15) is 0 Å². The van der Waals surface area contributed by atoms with Crippen molar-refractivity contribution in [3.63, 3.8) is 0 Å². The van der Waals surface area contributed by atoms with Gasteiger partial charge in [0.2, 0.25) is 0 Å². The lowest BCUT2D eigenvalue weighted by Crippen LogP contribution is -2.14. The van der Waals surface area contributed by atoms with Gasteiger partial charge in [-0.15, -0.1) is 0 Å². The Balaban J connectivity index is 2.72. The van der Waals surface area contributed by atoms with Crippen molar-refractivity contribution in [1.29, 1.82) is 0 Å². The normalized spacial score (nSPS) is 12.9. The predicted octanol–water partition coefficient (Wildman–Crippen LogP) is 3.27. The lowest BCUT2D eigenvalue weighted by atomic mass is 10.1. The molecule has 15 heavy (non-hydrogen) atoms. The van der Waals surface area contributed by atoms with E-state index in [-0.39, 0.29) is 6.04 Å². The first kappa shape index (κ1) is 12.1. The quantitative estimate of drug-likeness (QED) is 0.804. The fourth-order valence-corrected chi connectivity index (χ4v) is 1.52. The Bertz CT molecular complexity index is 292. The predicted molar refractivity (Wildman–Crippen MR) is 64.0 cm³/mol. The zero-order valence-electron chi connectivity index (χ0n) is 9.86. The lowest BCUT2D eigenvalue weighted by Gasteiger charge is -2.16. The van der Waals surface area contributed by atoms with Crippen LogP contribution in [-0.2, 0) is 0 Å². The van der Waals surface area contributed by atoms with Crippen molar-refractivity contribution >= 4 is 0 Å². The molecular formula is C13H21NO. The van der Waals surface area contributed by atoms with E-state index in [2.05, 4.69) is 13.8 Å². The van der Waals surface area contributed by atoms with Gasteiger partial charge in [-0.3, -0.25) is 0 Å². The standard InChI is InChI=1S/C13H21NO/c1-4-12(5-2)15-13-8-6-7-11(9-13)10(3)14/h6-10,12H,4-5,14H2,1-3H3. The molecule has 0 amide bonds. The van der Waals surface area contributed by atoms with Crippen LogP contribution in [0.5, 0.6) is 5.75 Å². The molecule has 0 heterocycles. The molecule has 0 spiro atoms. The average Bonchev–Trinajstić information content (AvgIpc) is 2.26. The summed E-state index contributed by atoms with van der Waals surface area (Å²) in [7, 11) is 0. The van der Waals surface area contributed by atoms with Gasteiger partial charge in [-0.25, -0.2) is 0 Å². The molecule has 1 aromatic carbocycles. The molecular weight excluding hydrogens is 186 g/mol. The summed E-state index contributed by atoms with van der Waals surface area (Å²) in [5.74, 6) is 0.929. The Labute approximate surface area is 92.4 Å². The third-order valence-electron chi connectivity index (χ3n) is 2.60. The maximum Gasteiger partial charge on any atom is 0.120 e. The van der Waals surface area contributed by atoms with Crippen molar-refractivity contribution in [1.82, 2.24) is 0 Å². The summed E-state index contributed by atoms with van der Waals surface area (Å²) in [6.45, 7) is 6.27. The zero-order valence-corrected chi connectivity index (χ0v) is 9.86. The van der Waals surface area contributed by atoms with Crippen molar-refractivity contribution in [2.75, 3.05) is 0 Å². The number of nitrogens with two attached hydrogens (primary N) is 1. The van der Waals surface area contributed by atoms with Crippen LogP contribution < -0.4 is 10.5 Å². The summed E-state index contributed by atoms with van der Waals surface area (Å²) in [6, 6.07) is 8.11. The van der Waals surface area contributed by atoms with Gasteiger partial charge in [0.25, 0.3) is 0 Å². The first-order chi connectivity index (χ1) is 7.17. The van der Waals surface area contributed by atoms with Crippen LogP contribution in [0.15, 0.2) is 24.3 Å². The molecule has 0 aliphatic rings. The summed E-state index contributed by atoms with van der Waals surface area (Å²) in [5.41, 5.74) is 6.95. The first-order valence-electron chi connectivity index (χ1n) is 5.69. The molecule has 0 aliphatic carbocycles. The second-order valence-corrected chi connectivity index (χ2v) is 3.92. The van der Waals surface area contributed by atoms with Gasteiger partial charge in [-0.1, -0.05) is 26.0 Å². The van der Waals surface area contributed by atoms with Gasteiger partial charge in [0.1, 0.15) is 5.75 Å². The van der Waals surface area contributed by atoms with Crippen LogP contribution >= 0.6 is 0 Å². The third kappa shape index (κ3) is 3.56. The monoisotopic (exact) mass is 207 g/mol. The van der Waals surface area contributed by atoms with E-state index < -0.39 is 0 Å². The largest absolute Gasteiger partial charge is 0.490 e. The Kier molecular flexibility index (Phi) is 4.63. The van der Waals surface area contributed by atoms with E-state index in [0.29, 0.717) is 6.10 Å². The lowest BCUT2D eigenvalue weighted by molar-refractivity contribution is 0.192. The molecule has 1 rings (SSSR count). The van der Waals surface area contributed by atoms with Gasteiger partial charge < -0.3 is 10.5 Å². The van der Waals surface area contributed by atoms with E-state index in [0.717, 1.165) is 24.2 Å². The fraction of sp³-hybridized carbons (Fsp3) is 0.538. The van der Waals surface area contributed by atoms with Gasteiger partial charge >= 0.3 is 0 Å². The maximum absolute atomic E-state index is 5.85. The molecule has 0 saturated heterocycles. The summed E-state index contributed by atoms with van der Waals surface area (Å²) >= 11 is 0. The van der Waals surface area contributed by atoms with Gasteiger partial charge in [-0.2, -0.15) is 0 Å². The fourth-order valence-electron chi connectivity index (χ4n) is 1.52. The highest BCUT2D eigenvalue weighted by molar-refractivity contribution is 5.30. The molecule has 2 nitrogen and oxygen atoms in total. The van der Waals surface area contributed by atoms with Gasteiger partial charge in [0.15, 0.2) is 0 Å². The second kappa shape index (κ2) is 5.76. The molecule has 84 valence electrons. The van der Waals surface area contributed by atoms with E-state index >= 15 is 0 Å².